The molecule has 4 nitrogen and oxygen atoms in total. The number of hydrogen-bond donors (Lipinski definition) is 1. The molecule has 1 amide bonds. The van der Waals surface area contributed by atoms with Crippen molar-refractivity contribution in [2.45, 2.75) is 38.6 Å². The summed E-state index contributed by atoms with van der Waals surface area (Å²) < 4.78 is 10.5. The van der Waals surface area contributed by atoms with Crippen molar-refractivity contribution >= 4 is 5.91 Å². The summed E-state index contributed by atoms with van der Waals surface area (Å²) in [6.07, 6.45) is 4.63. The quantitative estimate of drug-likeness (QED) is 0.900. The molecular formula is C16H23NO3. The van der Waals surface area contributed by atoms with Crippen LogP contribution < -0.4 is 14.8 Å². The minimum Gasteiger partial charge on any atom is -0.497 e. The Balaban J connectivity index is 1.73. The Hall–Kier alpha value is -1.71. The molecule has 0 bridgehead atoms. The van der Waals surface area contributed by atoms with Gasteiger partial charge in [0.05, 0.1) is 7.11 Å². The van der Waals surface area contributed by atoms with E-state index in [9.17, 15) is 4.79 Å². The number of methoxy groups -OCH3 is 1. The lowest BCUT2D eigenvalue weighted by Crippen LogP contribution is -2.40. The molecule has 1 aromatic rings. The summed E-state index contributed by atoms with van der Waals surface area (Å²) in [5.74, 6) is 2.12. The molecular weight excluding hydrogens is 254 g/mol. The topological polar surface area (TPSA) is 47.6 Å². The number of carbonyl (C=O) groups excluding carboxylic acids is 1. The van der Waals surface area contributed by atoms with Gasteiger partial charge in [-0.05, 0) is 43.0 Å². The second-order valence-electron chi connectivity index (χ2n) is 5.50. The fourth-order valence-corrected chi connectivity index (χ4v) is 2.66. The summed E-state index contributed by atoms with van der Waals surface area (Å²) in [5.41, 5.74) is 0. The van der Waals surface area contributed by atoms with Crippen LogP contribution in [0.3, 0.4) is 0 Å². The molecule has 0 radical (unpaired) electrons. The number of amides is 1. The van der Waals surface area contributed by atoms with Crippen LogP contribution in [-0.2, 0) is 4.79 Å². The van der Waals surface area contributed by atoms with Crippen molar-refractivity contribution in [1.29, 1.82) is 0 Å². The number of ether oxygens (including phenoxy) is 2. The average molecular weight is 277 g/mol. The molecule has 2 rings (SSSR count). The van der Waals surface area contributed by atoms with Gasteiger partial charge in [-0.2, -0.15) is 0 Å². The van der Waals surface area contributed by atoms with E-state index in [1.165, 1.54) is 12.8 Å². The number of hydrogen-bond acceptors (Lipinski definition) is 3. The second kappa shape index (κ2) is 7.17. The van der Waals surface area contributed by atoms with Gasteiger partial charge in [0.15, 0.2) is 6.61 Å². The van der Waals surface area contributed by atoms with Gasteiger partial charge in [-0.15, -0.1) is 0 Å². The van der Waals surface area contributed by atoms with Crippen LogP contribution in [0.1, 0.15) is 32.6 Å². The zero-order chi connectivity index (χ0) is 14.4. The molecule has 110 valence electrons. The third kappa shape index (κ3) is 4.44. The van der Waals surface area contributed by atoms with Crippen LogP contribution in [0.15, 0.2) is 24.3 Å². The van der Waals surface area contributed by atoms with Crippen molar-refractivity contribution < 1.29 is 14.3 Å². The van der Waals surface area contributed by atoms with E-state index < -0.39 is 0 Å². The Morgan fingerprint density at radius 2 is 1.95 bits per heavy atom. The molecule has 1 N–H and O–H groups in total. The van der Waals surface area contributed by atoms with E-state index in [0.717, 1.165) is 18.6 Å². The van der Waals surface area contributed by atoms with E-state index >= 15 is 0 Å². The first-order valence-corrected chi connectivity index (χ1v) is 7.23. The fourth-order valence-electron chi connectivity index (χ4n) is 2.66. The third-order valence-corrected chi connectivity index (χ3v) is 3.73. The van der Waals surface area contributed by atoms with Gasteiger partial charge in [-0.25, -0.2) is 0 Å². The van der Waals surface area contributed by atoms with Crippen molar-refractivity contribution in [2.24, 2.45) is 5.92 Å². The average Bonchev–Trinajstić information content (AvgIpc) is 2.46. The summed E-state index contributed by atoms with van der Waals surface area (Å²) in [4.78, 5) is 11.9. The third-order valence-electron chi connectivity index (χ3n) is 3.73. The molecule has 2 atom stereocenters. The van der Waals surface area contributed by atoms with Gasteiger partial charge in [-0.3, -0.25) is 4.79 Å². The molecule has 4 heteroatoms. The fraction of sp³-hybridized carbons (Fsp3) is 0.562. The van der Waals surface area contributed by atoms with E-state index in [-0.39, 0.29) is 12.5 Å². The van der Waals surface area contributed by atoms with E-state index in [1.807, 2.05) is 12.1 Å². The predicted octanol–water partition coefficient (Wildman–Crippen LogP) is 2.77. The van der Waals surface area contributed by atoms with Crippen LogP contribution in [0.5, 0.6) is 11.5 Å². The molecule has 0 aliphatic heterocycles. The first-order valence-electron chi connectivity index (χ1n) is 7.23. The van der Waals surface area contributed by atoms with Gasteiger partial charge < -0.3 is 14.8 Å². The maximum Gasteiger partial charge on any atom is 0.258 e. The summed E-state index contributed by atoms with van der Waals surface area (Å²) in [6, 6.07) is 7.54. The number of rotatable bonds is 5. The minimum atomic E-state index is -0.0417. The molecule has 1 aromatic carbocycles. The van der Waals surface area contributed by atoms with Crippen LogP contribution in [0.25, 0.3) is 0 Å². The molecule has 0 saturated heterocycles. The smallest absolute Gasteiger partial charge is 0.258 e. The Kier molecular flexibility index (Phi) is 5.27. The lowest BCUT2D eigenvalue weighted by Gasteiger charge is -2.27. The highest BCUT2D eigenvalue weighted by molar-refractivity contribution is 5.77. The largest absolute Gasteiger partial charge is 0.497 e. The van der Waals surface area contributed by atoms with Crippen molar-refractivity contribution in [2.75, 3.05) is 13.7 Å². The molecule has 20 heavy (non-hydrogen) atoms. The molecule has 2 unspecified atom stereocenters. The highest BCUT2D eigenvalue weighted by atomic mass is 16.5. The molecule has 1 saturated carbocycles. The maximum atomic E-state index is 11.9. The zero-order valence-electron chi connectivity index (χ0n) is 12.2. The Morgan fingerprint density at radius 3 is 2.60 bits per heavy atom. The van der Waals surface area contributed by atoms with Gasteiger partial charge in [0.2, 0.25) is 0 Å². The van der Waals surface area contributed by atoms with E-state index in [4.69, 9.17) is 9.47 Å². The first kappa shape index (κ1) is 14.7. The molecule has 1 fully saturated rings. The second-order valence-corrected chi connectivity index (χ2v) is 5.50. The summed E-state index contributed by atoms with van der Waals surface area (Å²) in [6.45, 7) is 2.31. The van der Waals surface area contributed by atoms with E-state index in [2.05, 4.69) is 12.2 Å². The van der Waals surface area contributed by atoms with Gasteiger partial charge in [0.1, 0.15) is 11.5 Å². The Bertz CT molecular complexity index is 430. The van der Waals surface area contributed by atoms with Gasteiger partial charge >= 0.3 is 0 Å². The molecule has 1 aliphatic rings. The monoisotopic (exact) mass is 277 g/mol. The predicted molar refractivity (Wildman–Crippen MR) is 78.1 cm³/mol. The first-order chi connectivity index (χ1) is 9.67. The van der Waals surface area contributed by atoms with Gasteiger partial charge in [0.25, 0.3) is 5.91 Å². The SMILES string of the molecule is COc1ccc(OCC(=O)NC2CCCC(C)C2)cc1. The number of benzene rings is 1. The highest BCUT2D eigenvalue weighted by Crippen LogP contribution is 2.23. The van der Waals surface area contributed by atoms with Gasteiger partial charge in [-0.1, -0.05) is 19.8 Å². The highest BCUT2D eigenvalue weighted by Gasteiger charge is 2.20. The van der Waals surface area contributed by atoms with E-state index in [0.29, 0.717) is 17.7 Å². The van der Waals surface area contributed by atoms with Gasteiger partial charge in [0, 0.05) is 6.04 Å². The van der Waals surface area contributed by atoms with Crippen molar-refractivity contribution in [3.63, 3.8) is 0 Å². The molecule has 0 spiro atoms. The van der Waals surface area contributed by atoms with Crippen molar-refractivity contribution in [3.05, 3.63) is 24.3 Å². The van der Waals surface area contributed by atoms with Crippen LogP contribution in [0.4, 0.5) is 0 Å². The summed E-state index contributed by atoms with van der Waals surface area (Å²) in [7, 11) is 1.62. The number of nitrogens with one attached hydrogen (secondary N) is 1. The van der Waals surface area contributed by atoms with Crippen LogP contribution in [0, 0.1) is 5.92 Å². The van der Waals surface area contributed by atoms with Crippen LogP contribution >= 0.6 is 0 Å². The van der Waals surface area contributed by atoms with Crippen LogP contribution in [-0.4, -0.2) is 25.7 Å². The van der Waals surface area contributed by atoms with Crippen molar-refractivity contribution in [1.82, 2.24) is 5.32 Å². The standard InChI is InChI=1S/C16H23NO3/c1-12-4-3-5-13(10-12)17-16(18)11-20-15-8-6-14(19-2)7-9-15/h6-9,12-13H,3-5,10-11H2,1-2H3,(H,17,18). The lowest BCUT2D eigenvalue weighted by molar-refractivity contribution is -0.124. The van der Waals surface area contributed by atoms with Crippen molar-refractivity contribution in [3.8, 4) is 11.5 Å². The maximum absolute atomic E-state index is 11.9. The lowest BCUT2D eigenvalue weighted by atomic mass is 9.87. The van der Waals surface area contributed by atoms with E-state index in [1.54, 1.807) is 19.2 Å². The molecule has 1 aliphatic carbocycles. The molecule has 0 heterocycles. The number of carbonyl (C=O) groups is 1. The van der Waals surface area contributed by atoms with Crippen LogP contribution in [0.2, 0.25) is 0 Å². The zero-order valence-corrected chi connectivity index (χ0v) is 12.2. The minimum absolute atomic E-state index is 0.0417. The summed E-state index contributed by atoms with van der Waals surface area (Å²) in [5, 5.41) is 3.05. The Morgan fingerprint density at radius 1 is 1.25 bits per heavy atom. The Labute approximate surface area is 120 Å². The normalized spacial score (nSPS) is 22.1. The summed E-state index contributed by atoms with van der Waals surface area (Å²) >= 11 is 0. The molecule has 0 aromatic heterocycles.